The number of fused-ring (bicyclic) bond motifs is 2. The Morgan fingerprint density at radius 1 is 0.788 bits per heavy atom. The molecule has 0 aromatic heterocycles. The van der Waals surface area contributed by atoms with E-state index in [9.17, 15) is 13.2 Å². The molecule has 2 heterocycles. The van der Waals surface area contributed by atoms with E-state index < -0.39 is 15.4 Å². The van der Waals surface area contributed by atoms with E-state index >= 15 is 0 Å². The normalized spacial score (nSPS) is 14.9. The summed E-state index contributed by atoms with van der Waals surface area (Å²) in [5, 5.41) is 1.75. The van der Waals surface area contributed by atoms with Crippen molar-refractivity contribution in [2.45, 2.75) is 38.5 Å². The number of anilines is 2. The van der Waals surface area contributed by atoms with Gasteiger partial charge < -0.3 is 21.7 Å². The van der Waals surface area contributed by atoms with Crippen molar-refractivity contribution in [3.8, 4) is 22.5 Å². The van der Waals surface area contributed by atoms with Crippen LogP contribution in [0.25, 0.3) is 33.4 Å². The summed E-state index contributed by atoms with van der Waals surface area (Å²) in [6.45, 7) is 6.40. The minimum absolute atomic E-state index is 0. The maximum atomic E-state index is 14.5. The van der Waals surface area contributed by atoms with Gasteiger partial charge in [-0.15, -0.1) is 0 Å². The van der Waals surface area contributed by atoms with Gasteiger partial charge in [0.25, 0.3) is 0 Å². The molecule has 7 nitrogen and oxygen atoms in total. The minimum atomic E-state index is -3.90. The van der Waals surface area contributed by atoms with Gasteiger partial charge in [0.1, 0.15) is 24.2 Å². The zero-order valence-electron chi connectivity index (χ0n) is 30.2. The standard InChI is InChI=1S/C43H44N3O4S.ClH/c1-43(2,3)42(47)30-24-26-46(27-25-30)51(48,49)40-19-13-12-18-37(40)41-35-22-20-33(44(4)31-14-8-6-9-15-31)28-38(35)50-39-29-34(21-23-36(39)41)45(5)32-16-10-7-11-17-32;/h6-23,28-30H,24-27H2,1-5H3;1H/q+1;/p-1. The van der Waals surface area contributed by atoms with Crippen LogP contribution in [0.4, 0.5) is 17.1 Å². The molecule has 9 heteroatoms. The van der Waals surface area contributed by atoms with Crippen LogP contribution >= 0.6 is 0 Å². The highest BCUT2D eigenvalue weighted by molar-refractivity contribution is 7.89. The van der Waals surface area contributed by atoms with Crippen molar-refractivity contribution in [2.75, 3.05) is 32.1 Å². The van der Waals surface area contributed by atoms with Crippen LogP contribution in [0.5, 0.6) is 0 Å². The Hall–Kier alpha value is -4.76. The summed E-state index contributed by atoms with van der Waals surface area (Å²) >= 11 is 0. The molecule has 52 heavy (non-hydrogen) atoms. The molecule has 0 atom stereocenters. The highest BCUT2D eigenvalue weighted by Gasteiger charge is 2.37. The summed E-state index contributed by atoms with van der Waals surface area (Å²) < 4.78 is 39.4. The van der Waals surface area contributed by atoms with Crippen LogP contribution in [0.1, 0.15) is 33.6 Å². The number of sulfonamides is 1. The fourth-order valence-electron chi connectivity index (χ4n) is 7.18. The van der Waals surface area contributed by atoms with Gasteiger partial charge in [-0.05, 0) is 49.2 Å². The van der Waals surface area contributed by atoms with Crippen LogP contribution in [0.3, 0.4) is 0 Å². The van der Waals surface area contributed by atoms with Gasteiger partial charge in [0.05, 0.1) is 11.0 Å². The highest BCUT2D eigenvalue weighted by atomic mass is 35.5. The topological polar surface area (TPSA) is 73.8 Å². The summed E-state index contributed by atoms with van der Waals surface area (Å²) in [5.74, 6) is 0.702. The SMILES string of the molecule is CN(c1ccccc1)c1ccc2c(-c3ccccc3S(=O)(=O)N3CCC(C(=O)C(C)(C)C)CC3)c3ccc(=[N+](C)c4ccccc4)cc-3oc2c1.[Cl-]. The number of ketones is 1. The summed E-state index contributed by atoms with van der Waals surface area (Å²) in [7, 11) is 0.136. The number of carbonyl (C=O) groups is 1. The second-order valence-electron chi connectivity index (χ2n) is 14.4. The Labute approximate surface area is 312 Å². The Balaban J connectivity index is 0.00000464. The lowest BCUT2D eigenvalue weighted by Crippen LogP contribution is -3.00. The number of para-hydroxylation sites is 2. The molecule has 3 aliphatic rings. The molecule has 268 valence electrons. The van der Waals surface area contributed by atoms with E-state index in [4.69, 9.17) is 4.42 Å². The van der Waals surface area contributed by atoms with Crippen LogP contribution in [0.15, 0.2) is 131 Å². The van der Waals surface area contributed by atoms with Crippen LogP contribution in [0, 0.1) is 11.3 Å². The first-order valence-electron chi connectivity index (χ1n) is 17.5. The third-order valence-corrected chi connectivity index (χ3v) is 12.0. The van der Waals surface area contributed by atoms with Crippen LogP contribution in [0.2, 0.25) is 0 Å². The number of piperidine rings is 1. The molecule has 1 aliphatic carbocycles. The molecule has 4 aromatic rings. The summed E-state index contributed by atoms with van der Waals surface area (Å²) in [6, 6.07) is 39.7. The molecule has 0 radical (unpaired) electrons. The molecular formula is C43H44ClN3O4S. The van der Waals surface area contributed by atoms with E-state index in [2.05, 4.69) is 33.7 Å². The van der Waals surface area contributed by atoms with Gasteiger partial charge in [-0.3, -0.25) is 4.79 Å². The lowest BCUT2D eigenvalue weighted by Gasteiger charge is -2.33. The van der Waals surface area contributed by atoms with Crippen molar-refractivity contribution in [3.05, 3.63) is 127 Å². The van der Waals surface area contributed by atoms with E-state index in [-0.39, 0.29) is 29.0 Å². The third-order valence-electron chi connectivity index (χ3n) is 10.1. The first kappa shape index (κ1) is 37.0. The van der Waals surface area contributed by atoms with Crippen molar-refractivity contribution in [3.63, 3.8) is 0 Å². The second-order valence-corrected chi connectivity index (χ2v) is 16.3. The zero-order valence-corrected chi connectivity index (χ0v) is 31.8. The van der Waals surface area contributed by atoms with Gasteiger partial charge in [0.2, 0.25) is 21.1 Å². The Kier molecular flexibility index (Phi) is 10.5. The monoisotopic (exact) mass is 733 g/mol. The van der Waals surface area contributed by atoms with Gasteiger partial charge >= 0.3 is 0 Å². The third kappa shape index (κ3) is 7.03. The van der Waals surface area contributed by atoms with Gasteiger partial charge in [-0.25, -0.2) is 8.42 Å². The molecule has 0 spiro atoms. The molecule has 1 saturated heterocycles. The molecule has 2 aliphatic heterocycles. The second kappa shape index (κ2) is 14.7. The summed E-state index contributed by atoms with van der Waals surface area (Å²) in [4.78, 5) is 15.4. The van der Waals surface area contributed by atoms with Crippen molar-refractivity contribution < 1.29 is 30.0 Å². The van der Waals surface area contributed by atoms with Crippen LogP contribution in [-0.4, -0.2) is 45.7 Å². The maximum Gasteiger partial charge on any atom is 0.243 e. The number of Topliss-reactive ketones (excluding diaryl/α,β-unsaturated/α-hetero) is 1. The largest absolute Gasteiger partial charge is 1.00 e. The smallest absolute Gasteiger partial charge is 0.243 e. The number of carbonyl (C=O) groups excluding carboxylic acids is 1. The van der Waals surface area contributed by atoms with E-state index in [1.807, 2.05) is 120 Å². The van der Waals surface area contributed by atoms with E-state index in [1.165, 1.54) is 0 Å². The number of halogens is 1. The minimum Gasteiger partial charge on any atom is -1.00 e. The maximum absolute atomic E-state index is 14.5. The lowest BCUT2D eigenvalue weighted by molar-refractivity contribution is -0.131. The number of nitrogens with zero attached hydrogens (tertiary/aromatic N) is 3. The molecular weight excluding hydrogens is 690 g/mol. The fraction of sp³-hybridized carbons (Fsp3) is 0.256. The predicted molar refractivity (Wildman–Crippen MR) is 206 cm³/mol. The van der Waals surface area contributed by atoms with Crippen LogP contribution < -0.4 is 27.2 Å². The quantitative estimate of drug-likeness (QED) is 0.155. The molecule has 1 fully saturated rings. The Morgan fingerprint density at radius 2 is 1.42 bits per heavy atom. The summed E-state index contributed by atoms with van der Waals surface area (Å²) in [5.41, 5.74) is 5.43. The van der Waals surface area contributed by atoms with Gasteiger partial charge in [0.15, 0.2) is 0 Å². The Bertz CT molecular complexity index is 2380. The van der Waals surface area contributed by atoms with E-state index in [0.29, 0.717) is 42.8 Å². The lowest BCUT2D eigenvalue weighted by atomic mass is 9.79. The molecule has 0 saturated carbocycles. The zero-order chi connectivity index (χ0) is 35.9. The molecule has 0 N–H and O–H groups in total. The average Bonchev–Trinajstić information content (AvgIpc) is 3.16. The number of rotatable bonds is 7. The first-order chi connectivity index (χ1) is 24.4. The van der Waals surface area contributed by atoms with E-state index in [0.717, 1.165) is 38.9 Å². The Morgan fingerprint density at radius 3 is 2.10 bits per heavy atom. The van der Waals surface area contributed by atoms with Gasteiger partial charge in [0, 0.05) is 89.2 Å². The van der Waals surface area contributed by atoms with Gasteiger partial charge in [-0.2, -0.15) is 8.88 Å². The highest BCUT2D eigenvalue weighted by Crippen LogP contribution is 2.44. The van der Waals surface area contributed by atoms with Crippen LogP contribution in [-0.2, 0) is 14.8 Å². The van der Waals surface area contributed by atoms with Crippen molar-refractivity contribution in [1.29, 1.82) is 0 Å². The summed E-state index contributed by atoms with van der Waals surface area (Å²) in [6.07, 6.45) is 1.03. The fourth-order valence-corrected chi connectivity index (χ4v) is 8.85. The molecule has 0 amide bonds. The molecule has 0 bridgehead atoms. The predicted octanol–water partition coefficient (Wildman–Crippen LogP) is 5.73. The average molecular weight is 734 g/mol. The molecule has 7 rings (SSSR count). The van der Waals surface area contributed by atoms with Crippen molar-refractivity contribution in [2.24, 2.45) is 11.3 Å². The number of hydrogen-bond donors (Lipinski definition) is 0. The number of hydrogen-bond acceptors (Lipinski definition) is 5. The van der Waals surface area contributed by atoms with Crippen molar-refractivity contribution in [1.82, 2.24) is 8.88 Å². The molecule has 0 unspecified atom stereocenters. The molecule has 4 aromatic carbocycles. The van der Waals surface area contributed by atoms with Crippen molar-refractivity contribution >= 4 is 43.8 Å². The van der Waals surface area contributed by atoms with Gasteiger partial charge in [-0.1, -0.05) is 75.4 Å². The first-order valence-corrected chi connectivity index (χ1v) is 18.9. The van der Waals surface area contributed by atoms with E-state index in [1.54, 1.807) is 16.4 Å². The number of benzene rings is 5.